The van der Waals surface area contributed by atoms with E-state index in [4.69, 9.17) is 4.74 Å². The van der Waals surface area contributed by atoms with Crippen LogP contribution in [0.15, 0.2) is 18.2 Å². The Morgan fingerprint density at radius 2 is 1.77 bits per heavy atom. The monoisotopic (exact) mass is 361 g/mol. The summed E-state index contributed by atoms with van der Waals surface area (Å²) < 4.78 is 5.59. The van der Waals surface area contributed by atoms with Crippen molar-refractivity contribution in [3.63, 3.8) is 0 Å². The molecule has 0 radical (unpaired) electrons. The summed E-state index contributed by atoms with van der Waals surface area (Å²) in [6.45, 7) is 12.7. The first-order valence-electron chi connectivity index (χ1n) is 9.41. The van der Waals surface area contributed by atoms with E-state index >= 15 is 0 Å². The van der Waals surface area contributed by atoms with E-state index < -0.39 is 6.09 Å². The van der Waals surface area contributed by atoms with Crippen molar-refractivity contribution < 1.29 is 14.3 Å². The van der Waals surface area contributed by atoms with Crippen molar-refractivity contribution in [2.24, 2.45) is 0 Å². The number of nitrogens with zero attached hydrogens (tertiary/aromatic N) is 3. The molecule has 26 heavy (non-hydrogen) atoms. The van der Waals surface area contributed by atoms with Crippen molar-refractivity contribution in [3.05, 3.63) is 29.3 Å². The van der Waals surface area contributed by atoms with Crippen molar-refractivity contribution in [1.82, 2.24) is 14.7 Å². The van der Waals surface area contributed by atoms with Gasteiger partial charge in [-0.2, -0.15) is 0 Å². The topological polar surface area (TPSA) is 53.1 Å². The van der Waals surface area contributed by atoms with Crippen LogP contribution in [0.25, 0.3) is 0 Å². The molecule has 1 unspecified atom stereocenters. The van der Waals surface area contributed by atoms with Crippen LogP contribution in [-0.4, -0.2) is 72.9 Å². The number of rotatable bonds is 6. The molecule has 1 heterocycles. The summed E-state index contributed by atoms with van der Waals surface area (Å²) in [4.78, 5) is 30.6. The molecule has 0 spiro atoms. The minimum absolute atomic E-state index is 0.105. The Labute approximate surface area is 156 Å². The maximum atomic E-state index is 12.3. The molecular formula is C20H31N3O3. The number of ether oxygens (including phenoxy) is 1. The van der Waals surface area contributed by atoms with Gasteiger partial charge in [-0.1, -0.05) is 6.07 Å². The Morgan fingerprint density at radius 1 is 1.15 bits per heavy atom. The number of hydrogen-bond acceptors (Lipinski definition) is 5. The molecule has 0 bridgehead atoms. The van der Waals surface area contributed by atoms with Crippen LogP contribution in [-0.2, 0) is 0 Å². The highest BCUT2D eigenvalue weighted by atomic mass is 16.6. The van der Waals surface area contributed by atoms with Crippen LogP contribution in [0.3, 0.4) is 0 Å². The lowest BCUT2D eigenvalue weighted by Crippen LogP contribution is -2.45. The highest BCUT2D eigenvalue weighted by Crippen LogP contribution is 2.28. The Kier molecular flexibility index (Phi) is 7.17. The van der Waals surface area contributed by atoms with Gasteiger partial charge in [0.15, 0.2) is 5.78 Å². The third-order valence-electron chi connectivity index (χ3n) is 5.17. The van der Waals surface area contributed by atoms with Gasteiger partial charge in [-0.25, -0.2) is 4.79 Å². The molecule has 1 atom stereocenters. The third-order valence-corrected chi connectivity index (χ3v) is 5.17. The molecule has 1 saturated heterocycles. The van der Waals surface area contributed by atoms with Crippen LogP contribution in [0, 0.1) is 0 Å². The lowest BCUT2D eigenvalue weighted by molar-refractivity contribution is 0.101. The van der Waals surface area contributed by atoms with Gasteiger partial charge in [-0.15, -0.1) is 0 Å². The van der Waals surface area contributed by atoms with Crippen LogP contribution >= 0.6 is 0 Å². The predicted molar refractivity (Wildman–Crippen MR) is 103 cm³/mol. The van der Waals surface area contributed by atoms with Gasteiger partial charge in [0.25, 0.3) is 0 Å². The van der Waals surface area contributed by atoms with E-state index in [1.165, 1.54) is 6.92 Å². The second-order valence-electron chi connectivity index (χ2n) is 6.87. The van der Waals surface area contributed by atoms with Crippen molar-refractivity contribution >= 4 is 11.9 Å². The summed E-state index contributed by atoms with van der Waals surface area (Å²) in [5, 5.41) is 0. The van der Waals surface area contributed by atoms with E-state index in [-0.39, 0.29) is 11.8 Å². The molecule has 6 heteroatoms. The highest BCUT2D eigenvalue weighted by molar-refractivity contribution is 5.97. The maximum Gasteiger partial charge on any atom is 0.415 e. The average Bonchev–Trinajstić information content (AvgIpc) is 2.62. The van der Waals surface area contributed by atoms with E-state index in [1.54, 1.807) is 11.0 Å². The Morgan fingerprint density at radius 3 is 2.31 bits per heavy atom. The van der Waals surface area contributed by atoms with Gasteiger partial charge in [0, 0.05) is 45.3 Å². The van der Waals surface area contributed by atoms with E-state index in [2.05, 4.69) is 23.8 Å². The molecule has 0 aromatic heterocycles. The zero-order valence-electron chi connectivity index (χ0n) is 16.6. The number of piperazine rings is 1. The van der Waals surface area contributed by atoms with Gasteiger partial charge in [0.1, 0.15) is 5.75 Å². The summed E-state index contributed by atoms with van der Waals surface area (Å²) in [5.74, 6) is 0.249. The second-order valence-corrected chi connectivity index (χ2v) is 6.87. The molecule has 1 fully saturated rings. The highest BCUT2D eigenvalue weighted by Gasteiger charge is 2.23. The molecule has 0 aliphatic carbocycles. The van der Waals surface area contributed by atoms with E-state index in [0.29, 0.717) is 24.4 Å². The van der Waals surface area contributed by atoms with E-state index in [0.717, 1.165) is 31.7 Å². The normalized spacial score (nSPS) is 17.0. The number of hydrogen-bond donors (Lipinski definition) is 0. The Balaban J connectivity index is 2.24. The SMILES string of the molecule is CCN(CC)C(=O)Oc1cc(C(C)N2CCN(C)CC2)ccc1C(C)=O. The summed E-state index contributed by atoms with van der Waals surface area (Å²) in [6, 6.07) is 5.79. The lowest BCUT2D eigenvalue weighted by Gasteiger charge is -2.36. The predicted octanol–water partition coefficient (Wildman–Crippen LogP) is 3.04. The second kappa shape index (κ2) is 9.14. The fraction of sp³-hybridized carbons (Fsp3) is 0.600. The van der Waals surface area contributed by atoms with Crippen molar-refractivity contribution in [3.8, 4) is 5.75 Å². The molecule has 1 aromatic rings. The van der Waals surface area contributed by atoms with Gasteiger partial charge in [0.2, 0.25) is 0 Å². The first-order chi connectivity index (χ1) is 12.4. The molecule has 0 saturated carbocycles. The largest absolute Gasteiger partial charge is 0.415 e. The molecule has 0 N–H and O–H groups in total. The summed E-state index contributed by atoms with van der Waals surface area (Å²) in [6.07, 6.45) is -0.415. The number of likely N-dealkylation sites (N-methyl/N-ethyl adjacent to an activating group) is 1. The van der Waals surface area contributed by atoms with Gasteiger partial charge >= 0.3 is 6.09 Å². The molecule has 1 amide bonds. The molecular weight excluding hydrogens is 330 g/mol. The van der Waals surface area contributed by atoms with E-state index in [9.17, 15) is 9.59 Å². The number of carbonyl (C=O) groups is 2. The first-order valence-corrected chi connectivity index (χ1v) is 9.41. The summed E-state index contributed by atoms with van der Waals surface area (Å²) in [7, 11) is 2.13. The summed E-state index contributed by atoms with van der Waals surface area (Å²) >= 11 is 0. The average molecular weight is 361 g/mol. The van der Waals surface area contributed by atoms with Gasteiger partial charge in [-0.3, -0.25) is 9.69 Å². The van der Waals surface area contributed by atoms with Crippen molar-refractivity contribution in [2.45, 2.75) is 33.7 Å². The van der Waals surface area contributed by atoms with Crippen molar-refractivity contribution in [1.29, 1.82) is 0 Å². The molecule has 144 valence electrons. The van der Waals surface area contributed by atoms with Crippen LogP contribution in [0.1, 0.15) is 49.7 Å². The Bertz CT molecular complexity index is 635. The van der Waals surface area contributed by atoms with Gasteiger partial charge in [0.05, 0.1) is 5.56 Å². The van der Waals surface area contributed by atoms with Gasteiger partial charge in [-0.05, 0) is 52.4 Å². The smallest absolute Gasteiger partial charge is 0.409 e. The van der Waals surface area contributed by atoms with Crippen molar-refractivity contribution in [2.75, 3.05) is 46.3 Å². The molecule has 6 nitrogen and oxygen atoms in total. The quantitative estimate of drug-likeness (QED) is 0.729. The maximum absolute atomic E-state index is 12.3. The number of benzene rings is 1. The number of carbonyl (C=O) groups excluding carboxylic acids is 2. The fourth-order valence-electron chi connectivity index (χ4n) is 3.23. The number of ketones is 1. The number of Topliss-reactive ketones (excluding diaryl/α,β-unsaturated/α-hetero) is 1. The minimum atomic E-state index is -0.415. The summed E-state index contributed by atoms with van der Waals surface area (Å²) in [5.41, 5.74) is 1.50. The van der Waals surface area contributed by atoms with Crippen LogP contribution in [0.5, 0.6) is 5.75 Å². The fourth-order valence-corrected chi connectivity index (χ4v) is 3.23. The Hall–Kier alpha value is -1.92. The van der Waals surface area contributed by atoms with Crippen LogP contribution in [0.4, 0.5) is 4.79 Å². The molecule has 2 rings (SSSR count). The van der Waals surface area contributed by atoms with Crippen LogP contribution in [0.2, 0.25) is 0 Å². The molecule has 1 aliphatic rings. The molecule has 1 aromatic carbocycles. The standard InChI is InChI=1S/C20H31N3O3/c1-6-22(7-2)20(25)26-19-14-17(8-9-18(19)16(4)24)15(3)23-12-10-21(5)11-13-23/h8-9,14-15H,6-7,10-13H2,1-5H3. The zero-order valence-corrected chi connectivity index (χ0v) is 16.6. The van der Waals surface area contributed by atoms with Gasteiger partial charge < -0.3 is 14.5 Å². The zero-order chi connectivity index (χ0) is 19.3. The lowest BCUT2D eigenvalue weighted by atomic mass is 10.0. The molecule has 1 aliphatic heterocycles. The minimum Gasteiger partial charge on any atom is -0.409 e. The first kappa shape index (κ1) is 20.4. The van der Waals surface area contributed by atoms with E-state index in [1.807, 2.05) is 26.0 Å². The number of amides is 1. The van der Waals surface area contributed by atoms with Crippen LogP contribution < -0.4 is 4.74 Å². The third kappa shape index (κ3) is 4.83.